The van der Waals surface area contributed by atoms with Crippen LogP contribution in [0.5, 0.6) is 0 Å². The summed E-state index contributed by atoms with van der Waals surface area (Å²) in [6, 6.07) is 13.7. The number of aryl methyl sites for hydroxylation is 1. The average molecular weight is 299 g/mol. The number of hydrazine groups is 1. The van der Waals surface area contributed by atoms with Gasteiger partial charge in [0, 0.05) is 12.2 Å². The standard InChI is InChI=1S/C17H18FN3O/c1-11-3-2-4-14(9-11)20-17(22)15-10-19-21-16(15)12-5-7-13(18)8-6-12/h2-9,15-16,19,21H,10H2,1H3,(H,20,22). The number of rotatable bonds is 3. The van der Waals surface area contributed by atoms with Gasteiger partial charge in [0.05, 0.1) is 12.0 Å². The molecule has 0 saturated carbocycles. The third-order valence-corrected chi connectivity index (χ3v) is 3.83. The van der Waals surface area contributed by atoms with E-state index in [1.165, 1.54) is 12.1 Å². The molecule has 1 saturated heterocycles. The molecule has 4 nitrogen and oxygen atoms in total. The Labute approximate surface area is 128 Å². The fourth-order valence-electron chi connectivity index (χ4n) is 2.68. The van der Waals surface area contributed by atoms with Crippen LogP contribution >= 0.6 is 0 Å². The van der Waals surface area contributed by atoms with Crippen LogP contribution in [0.25, 0.3) is 0 Å². The Kier molecular flexibility index (Phi) is 4.18. The van der Waals surface area contributed by atoms with Gasteiger partial charge in [-0.05, 0) is 42.3 Å². The number of carbonyl (C=O) groups excluding carboxylic acids is 1. The lowest BCUT2D eigenvalue weighted by molar-refractivity contribution is -0.119. The Bertz CT molecular complexity index is 672. The monoisotopic (exact) mass is 299 g/mol. The van der Waals surface area contributed by atoms with Gasteiger partial charge in [-0.25, -0.2) is 9.82 Å². The largest absolute Gasteiger partial charge is 0.326 e. The fourth-order valence-corrected chi connectivity index (χ4v) is 2.68. The number of anilines is 1. The highest BCUT2D eigenvalue weighted by Crippen LogP contribution is 2.26. The first-order valence-corrected chi connectivity index (χ1v) is 7.25. The van der Waals surface area contributed by atoms with Crippen molar-refractivity contribution >= 4 is 11.6 Å². The lowest BCUT2D eigenvalue weighted by Gasteiger charge is -2.18. The van der Waals surface area contributed by atoms with Crippen LogP contribution in [0.4, 0.5) is 10.1 Å². The SMILES string of the molecule is Cc1cccc(NC(=O)C2CNNC2c2ccc(F)cc2)c1. The molecule has 3 N–H and O–H groups in total. The fraction of sp³-hybridized carbons (Fsp3) is 0.235. The molecule has 2 unspecified atom stereocenters. The number of hydrogen-bond donors (Lipinski definition) is 3. The van der Waals surface area contributed by atoms with Crippen LogP contribution in [0.2, 0.25) is 0 Å². The molecule has 3 rings (SSSR count). The molecule has 22 heavy (non-hydrogen) atoms. The second-order valence-corrected chi connectivity index (χ2v) is 5.52. The van der Waals surface area contributed by atoms with Gasteiger partial charge in [-0.2, -0.15) is 0 Å². The first-order chi connectivity index (χ1) is 10.6. The van der Waals surface area contributed by atoms with E-state index in [2.05, 4.69) is 16.2 Å². The molecule has 2 atom stereocenters. The quantitative estimate of drug-likeness (QED) is 0.816. The van der Waals surface area contributed by atoms with E-state index in [9.17, 15) is 9.18 Å². The molecule has 1 aliphatic heterocycles. The van der Waals surface area contributed by atoms with E-state index in [1.807, 2.05) is 31.2 Å². The Morgan fingerprint density at radius 1 is 1.23 bits per heavy atom. The third-order valence-electron chi connectivity index (χ3n) is 3.83. The maximum Gasteiger partial charge on any atom is 0.230 e. The van der Waals surface area contributed by atoms with E-state index in [-0.39, 0.29) is 23.7 Å². The number of hydrogen-bond acceptors (Lipinski definition) is 3. The van der Waals surface area contributed by atoms with Crippen LogP contribution in [0.1, 0.15) is 17.2 Å². The Balaban J connectivity index is 1.75. The average Bonchev–Trinajstić information content (AvgIpc) is 2.97. The van der Waals surface area contributed by atoms with Gasteiger partial charge in [0.15, 0.2) is 0 Å². The number of carbonyl (C=O) groups is 1. The van der Waals surface area contributed by atoms with Gasteiger partial charge in [-0.1, -0.05) is 24.3 Å². The molecule has 1 fully saturated rings. The highest BCUT2D eigenvalue weighted by Gasteiger charge is 2.33. The summed E-state index contributed by atoms with van der Waals surface area (Å²) in [5.74, 6) is -0.598. The number of nitrogens with one attached hydrogen (secondary N) is 3. The molecular formula is C17H18FN3O. The van der Waals surface area contributed by atoms with Crippen molar-refractivity contribution in [3.05, 3.63) is 65.5 Å². The van der Waals surface area contributed by atoms with Gasteiger partial charge in [0.1, 0.15) is 5.82 Å². The molecule has 1 aliphatic rings. The Morgan fingerprint density at radius 3 is 2.73 bits per heavy atom. The van der Waals surface area contributed by atoms with E-state index in [0.717, 1.165) is 16.8 Å². The van der Waals surface area contributed by atoms with Crippen LogP contribution in [-0.2, 0) is 4.79 Å². The Morgan fingerprint density at radius 2 is 2.00 bits per heavy atom. The first kappa shape index (κ1) is 14.7. The van der Waals surface area contributed by atoms with Gasteiger partial charge < -0.3 is 5.32 Å². The van der Waals surface area contributed by atoms with E-state index < -0.39 is 0 Å². The van der Waals surface area contributed by atoms with Crippen molar-refractivity contribution in [1.82, 2.24) is 10.9 Å². The molecule has 114 valence electrons. The highest BCUT2D eigenvalue weighted by atomic mass is 19.1. The molecule has 0 aromatic heterocycles. The molecule has 2 aromatic carbocycles. The van der Waals surface area contributed by atoms with Crippen LogP contribution in [0.3, 0.4) is 0 Å². The molecular weight excluding hydrogens is 281 g/mol. The smallest absolute Gasteiger partial charge is 0.230 e. The predicted molar refractivity (Wildman–Crippen MR) is 83.6 cm³/mol. The van der Waals surface area contributed by atoms with E-state index >= 15 is 0 Å². The van der Waals surface area contributed by atoms with Crippen molar-refractivity contribution in [2.24, 2.45) is 5.92 Å². The van der Waals surface area contributed by atoms with Gasteiger partial charge in [0.25, 0.3) is 0 Å². The van der Waals surface area contributed by atoms with Crippen LogP contribution in [0, 0.1) is 18.7 Å². The zero-order chi connectivity index (χ0) is 15.5. The lowest BCUT2D eigenvalue weighted by Crippen LogP contribution is -2.29. The summed E-state index contributed by atoms with van der Waals surface area (Å²) < 4.78 is 13.0. The van der Waals surface area contributed by atoms with E-state index in [0.29, 0.717) is 6.54 Å². The topological polar surface area (TPSA) is 53.2 Å². The Hall–Kier alpha value is -2.24. The number of halogens is 1. The van der Waals surface area contributed by atoms with Crippen LogP contribution in [0.15, 0.2) is 48.5 Å². The zero-order valence-corrected chi connectivity index (χ0v) is 12.3. The maximum absolute atomic E-state index is 13.0. The van der Waals surface area contributed by atoms with Gasteiger partial charge >= 0.3 is 0 Å². The molecule has 2 aromatic rings. The second-order valence-electron chi connectivity index (χ2n) is 5.52. The molecule has 0 bridgehead atoms. The molecule has 5 heteroatoms. The van der Waals surface area contributed by atoms with E-state index in [4.69, 9.17) is 0 Å². The van der Waals surface area contributed by atoms with Crippen LogP contribution in [-0.4, -0.2) is 12.5 Å². The normalized spacial score (nSPS) is 20.8. The predicted octanol–water partition coefficient (Wildman–Crippen LogP) is 2.54. The molecule has 0 radical (unpaired) electrons. The molecule has 1 amide bonds. The summed E-state index contributed by atoms with van der Waals surface area (Å²) in [5.41, 5.74) is 8.86. The van der Waals surface area contributed by atoms with Crippen molar-refractivity contribution < 1.29 is 9.18 Å². The van der Waals surface area contributed by atoms with Gasteiger partial charge in [-0.3, -0.25) is 10.2 Å². The summed E-state index contributed by atoms with van der Waals surface area (Å²) in [6.45, 7) is 2.51. The first-order valence-electron chi connectivity index (χ1n) is 7.25. The summed E-state index contributed by atoms with van der Waals surface area (Å²) in [6.07, 6.45) is 0. The highest BCUT2D eigenvalue weighted by molar-refractivity contribution is 5.93. The van der Waals surface area contributed by atoms with Crippen LogP contribution < -0.4 is 16.2 Å². The van der Waals surface area contributed by atoms with Crippen molar-refractivity contribution in [3.8, 4) is 0 Å². The second kappa shape index (κ2) is 6.25. The minimum absolute atomic E-state index is 0.0579. The number of benzene rings is 2. The lowest BCUT2D eigenvalue weighted by atomic mass is 9.94. The van der Waals surface area contributed by atoms with Crippen molar-refractivity contribution in [3.63, 3.8) is 0 Å². The minimum Gasteiger partial charge on any atom is -0.326 e. The molecule has 0 spiro atoms. The summed E-state index contributed by atoms with van der Waals surface area (Å²) in [5, 5.41) is 2.94. The number of amides is 1. The van der Waals surface area contributed by atoms with E-state index in [1.54, 1.807) is 12.1 Å². The summed E-state index contributed by atoms with van der Waals surface area (Å²) in [7, 11) is 0. The van der Waals surface area contributed by atoms with Gasteiger partial charge in [-0.15, -0.1) is 0 Å². The van der Waals surface area contributed by atoms with Crippen molar-refractivity contribution in [2.45, 2.75) is 13.0 Å². The summed E-state index contributed by atoms with van der Waals surface area (Å²) in [4.78, 5) is 12.5. The summed E-state index contributed by atoms with van der Waals surface area (Å²) >= 11 is 0. The maximum atomic E-state index is 13.0. The van der Waals surface area contributed by atoms with Crippen molar-refractivity contribution in [1.29, 1.82) is 0 Å². The van der Waals surface area contributed by atoms with Crippen molar-refractivity contribution in [2.75, 3.05) is 11.9 Å². The minimum atomic E-state index is -0.282. The third kappa shape index (κ3) is 3.16. The molecule has 0 aliphatic carbocycles. The zero-order valence-electron chi connectivity index (χ0n) is 12.3. The molecule has 1 heterocycles. The van der Waals surface area contributed by atoms with Gasteiger partial charge in [0.2, 0.25) is 5.91 Å².